The van der Waals surface area contributed by atoms with Crippen LogP contribution in [0.15, 0.2) is 30.3 Å². The molecule has 3 heteroatoms. The topological polar surface area (TPSA) is 35.5 Å². The molecule has 0 spiro atoms. The van der Waals surface area contributed by atoms with E-state index >= 15 is 0 Å². The van der Waals surface area contributed by atoms with E-state index in [0.29, 0.717) is 13.0 Å². The van der Waals surface area contributed by atoms with Gasteiger partial charge in [-0.05, 0) is 12.0 Å². The number of carbonyl (C=O) groups is 1. The van der Waals surface area contributed by atoms with Crippen molar-refractivity contribution in [2.45, 2.75) is 90.3 Å². The zero-order chi connectivity index (χ0) is 18.2. The van der Waals surface area contributed by atoms with Crippen LogP contribution >= 0.6 is 0 Å². The first kappa shape index (κ1) is 21.7. The molecular formula is C22H36O3. The van der Waals surface area contributed by atoms with Gasteiger partial charge in [-0.1, -0.05) is 95.0 Å². The number of carbonyl (C=O) groups excluding carboxylic acids is 1. The van der Waals surface area contributed by atoms with Crippen LogP contribution in [-0.4, -0.2) is 19.2 Å². The van der Waals surface area contributed by atoms with E-state index in [9.17, 15) is 4.79 Å². The van der Waals surface area contributed by atoms with Gasteiger partial charge in [-0.2, -0.15) is 0 Å². The molecule has 0 fully saturated rings. The van der Waals surface area contributed by atoms with Crippen LogP contribution < -0.4 is 0 Å². The van der Waals surface area contributed by atoms with Gasteiger partial charge >= 0.3 is 5.97 Å². The Bertz CT molecular complexity index is 430. The molecule has 0 heterocycles. The van der Waals surface area contributed by atoms with Crippen LogP contribution in [0.1, 0.15) is 83.1 Å². The molecule has 1 rings (SSSR count). The summed E-state index contributed by atoms with van der Waals surface area (Å²) >= 11 is 0. The van der Waals surface area contributed by atoms with Gasteiger partial charge < -0.3 is 9.47 Å². The zero-order valence-electron chi connectivity index (χ0n) is 16.2. The highest BCUT2D eigenvalue weighted by molar-refractivity contribution is 5.69. The van der Waals surface area contributed by atoms with Crippen LogP contribution in [-0.2, 0) is 20.9 Å². The second-order valence-corrected chi connectivity index (χ2v) is 6.82. The Morgan fingerprint density at radius 2 is 1.52 bits per heavy atom. The third-order valence-corrected chi connectivity index (χ3v) is 4.58. The summed E-state index contributed by atoms with van der Waals surface area (Å²) in [4.78, 5) is 11.6. The molecule has 0 aliphatic carbocycles. The molecule has 3 nitrogen and oxygen atoms in total. The van der Waals surface area contributed by atoms with Crippen molar-refractivity contribution >= 4 is 5.97 Å². The van der Waals surface area contributed by atoms with Gasteiger partial charge in [-0.25, -0.2) is 0 Å². The second-order valence-electron chi connectivity index (χ2n) is 6.82. The van der Waals surface area contributed by atoms with E-state index in [1.165, 1.54) is 58.5 Å². The molecule has 0 saturated carbocycles. The molecule has 0 aliphatic heterocycles. The van der Waals surface area contributed by atoms with E-state index in [-0.39, 0.29) is 12.1 Å². The number of methoxy groups -OCH3 is 1. The zero-order valence-corrected chi connectivity index (χ0v) is 16.2. The van der Waals surface area contributed by atoms with E-state index < -0.39 is 0 Å². The Kier molecular flexibility index (Phi) is 13.0. The quantitative estimate of drug-likeness (QED) is 0.286. The Balaban J connectivity index is 2.18. The fraction of sp³-hybridized carbons (Fsp3) is 0.682. The maximum atomic E-state index is 11.6. The van der Waals surface area contributed by atoms with Crippen molar-refractivity contribution in [1.29, 1.82) is 0 Å². The highest BCUT2D eigenvalue weighted by Crippen LogP contribution is 2.16. The van der Waals surface area contributed by atoms with Crippen molar-refractivity contribution in [1.82, 2.24) is 0 Å². The summed E-state index contributed by atoms with van der Waals surface area (Å²) in [6, 6.07) is 10.1. The molecule has 1 atom stereocenters. The highest BCUT2D eigenvalue weighted by atomic mass is 16.5. The van der Waals surface area contributed by atoms with Crippen LogP contribution in [0.4, 0.5) is 0 Å². The standard InChI is InChI=1S/C22H36O3/c1-3-4-5-6-7-8-9-10-14-17-21(18-22(23)24-2)25-19-20-15-12-11-13-16-20/h11-13,15-16,21H,3-10,14,17-19H2,1-2H3/t21-/m0/s1. The van der Waals surface area contributed by atoms with Gasteiger partial charge in [-0.3, -0.25) is 4.79 Å². The minimum absolute atomic E-state index is 0.0442. The van der Waals surface area contributed by atoms with Gasteiger partial charge in [0.1, 0.15) is 0 Å². The molecule has 142 valence electrons. The summed E-state index contributed by atoms with van der Waals surface area (Å²) in [6.07, 6.45) is 13.0. The molecule has 0 radical (unpaired) electrons. The molecule has 1 aromatic rings. The molecule has 0 amide bonds. The smallest absolute Gasteiger partial charge is 0.308 e. The third kappa shape index (κ3) is 11.8. The van der Waals surface area contributed by atoms with Gasteiger partial charge in [0.2, 0.25) is 0 Å². The highest BCUT2D eigenvalue weighted by Gasteiger charge is 2.15. The minimum atomic E-state index is -0.186. The summed E-state index contributed by atoms with van der Waals surface area (Å²) in [5, 5.41) is 0. The Morgan fingerprint density at radius 3 is 2.12 bits per heavy atom. The summed E-state index contributed by atoms with van der Waals surface area (Å²) in [7, 11) is 1.44. The number of unbranched alkanes of at least 4 members (excludes halogenated alkanes) is 8. The van der Waals surface area contributed by atoms with Crippen LogP contribution in [0, 0.1) is 0 Å². The Labute approximate surface area is 154 Å². The molecule has 0 aromatic heterocycles. The van der Waals surface area contributed by atoms with Crippen molar-refractivity contribution in [2.24, 2.45) is 0 Å². The number of hydrogen-bond donors (Lipinski definition) is 0. The maximum Gasteiger partial charge on any atom is 0.308 e. The lowest BCUT2D eigenvalue weighted by Gasteiger charge is -2.17. The van der Waals surface area contributed by atoms with Gasteiger partial charge in [-0.15, -0.1) is 0 Å². The van der Waals surface area contributed by atoms with Crippen LogP contribution in [0.25, 0.3) is 0 Å². The summed E-state index contributed by atoms with van der Waals surface area (Å²) in [5.41, 5.74) is 1.14. The van der Waals surface area contributed by atoms with Crippen molar-refractivity contribution in [3.05, 3.63) is 35.9 Å². The van der Waals surface area contributed by atoms with Gasteiger partial charge in [0.25, 0.3) is 0 Å². The molecule has 0 N–H and O–H groups in total. The largest absolute Gasteiger partial charge is 0.469 e. The van der Waals surface area contributed by atoms with Gasteiger partial charge in [0.15, 0.2) is 0 Å². The maximum absolute atomic E-state index is 11.6. The first-order chi connectivity index (χ1) is 12.3. The predicted octanol–water partition coefficient (Wildman–Crippen LogP) is 6.06. The number of ether oxygens (including phenoxy) is 2. The van der Waals surface area contributed by atoms with Gasteiger partial charge in [0, 0.05) is 0 Å². The van der Waals surface area contributed by atoms with Gasteiger partial charge in [0.05, 0.1) is 26.2 Å². The van der Waals surface area contributed by atoms with E-state index in [1.54, 1.807) is 0 Å². The monoisotopic (exact) mass is 348 g/mol. The first-order valence-electron chi connectivity index (χ1n) is 9.98. The van der Waals surface area contributed by atoms with Crippen molar-refractivity contribution in [2.75, 3.05) is 7.11 Å². The SMILES string of the molecule is CCCCCCCCCCC[C@@H](CC(=O)OC)OCc1ccccc1. The molecule has 1 aromatic carbocycles. The number of hydrogen-bond acceptors (Lipinski definition) is 3. The Morgan fingerprint density at radius 1 is 0.920 bits per heavy atom. The molecule has 0 bridgehead atoms. The van der Waals surface area contributed by atoms with E-state index in [1.807, 2.05) is 30.3 Å². The van der Waals surface area contributed by atoms with Crippen LogP contribution in [0.3, 0.4) is 0 Å². The van der Waals surface area contributed by atoms with E-state index in [0.717, 1.165) is 18.4 Å². The third-order valence-electron chi connectivity index (χ3n) is 4.58. The fourth-order valence-corrected chi connectivity index (χ4v) is 2.98. The summed E-state index contributed by atoms with van der Waals surface area (Å²) in [5.74, 6) is -0.186. The molecule has 0 saturated heterocycles. The molecule has 0 unspecified atom stereocenters. The predicted molar refractivity (Wildman–Crippen MR) is 103 cm³/mol. The average molecular weight is 349 g/mol. The van der Waals surface area contributed by atoms with Crippen molar-refractivity contribution in [3.8, 4) is 0 Å². The lowest BCUT2D eigenvalue weighted by Crippen LogP contribution is -2.18. The number of esters is 1. The lowest BCUT2D eigenvalue weighted by atomic mass is 10.0. The Hall–Kier alpha value is -1.35. The minimum Gasteiger partial charge on any atom is -0.469 e. The molecule has 25 heavy (non-hydrogen) atoms. The van der Waals surface area contributed by atoms with Crippen LogP contribution in [0.2, 0.25) is 0 Å². The normalized spacial score (nSPS) is 12.1. The number of benzene rings is 1. The lowest BCUT2D eigenvalue weighted by molar-refractivity contribution is -0.144. The van der Waals surface area contributed by atoms with E-state index in [2.05, 4.69) is 6.92 Å². The van der Waals surface area contributed by atoms with Crippen LogP contribution in [0.5, 0.6) is 0 Å². The average Bonchev–Trinajstić information content (AvgIpc) is 2.65. The van der Waals surface area contributed by atoms with E-state index in [4.69, 9.17) is 9.47 Å². The number of rotatable bonds is 15. The second kappa shape index (κ2) is 14.9. The fourth-order valence-electron chi connectivity index (χ4n) is 2.98. The van der Waals surface area contributed by atoms with Crippen molar-refractivity contribution in [3.63, 3.8) is 0 Å². The first-order valence-corrected chi connectivity index (χ1v) is 9.98. The summed E-state index contributed by atoms with van der Waals surface area (Å²) < 4.78 is 10.8. The van der Waals surface area contributed by atoms with Crippen molar-refractivity contribution < 1.29 is 14.3 Å². The molecular weight excluding hydrogens is 312 g/mol. The molecule has 0 aliphatic rings. The summed E-state index contributed by atoms with van der Waals surface area (Å²) in [6.45, 7) is 2.81.